The number of rotatable bonds is 5. The van der Waals surface area contributed by atoms with Gasteiger partial charge in [0.15, 0.2) is 5.65 Å². The van der Waals surface area contributed by atoms with Crippen LogP contribution in [-0.2, 0) is 6.18 Å². The second-order valence-corrected chi connectivity index (χ2v) is 9.74. The van der Waals surface area contributed by atoms with Crippen LogP contribution in [-0.4, -0.2) is 44.3 Å². The van der Waals surface area contributed by atoms with Crippen LogP contribution < -0.4 is 5.32 Å². The number of anilines is 1. The first-order valence-electron chi connectivity index (χ1n) is 11.0. The number of likely N-dealkylation sites (tertiary alicyclic amines) is 1. The van der Waals surface area contributed by atoms with Crippen LogP contribution in [0.1, 0.15) is 12.5 Å². The summed E-state index contributed by atoms with van der Waals surface area (Å²) < 4.78 is 55.2. The first kappa shape index (κ1) is 22.1. The van der Waals surface area contributed by atoms with Crippen LogP contribution in [0.15, 0.2) is 59.3 Å². The summed E-state index contributed by atoms with van der Waals surface area (Å²) in [4.78, 5) is 6.69. The Labute approximate surface area is 203 Å². The molecule has 0 bridgehead atoms. The Kier molecular flexibility index (Phi) is 4.64. The maximum Gasteiger partial charge on any atom is 0.416 e. The van der Waals surface area contributed by atoms with Crippen LogP contribution in [0.4, 0.5) is 23.5 Å². The third-order valence-electron chi connectivity index (χ3n) is 6.99. The second-order valence-electron chi connectivity index (χ2n) is 9.29. The minimum absolute atomic E-state index is 0.0501. The molecule has 1 aromatic carbocycles. The first-order valence-corrected chi connectivity index (χ1v) is 11.4. The zero-order chi connectivity index (χ0) is 24.7. The van der Waals surface area contributed by atoms with Crippen molar-refractivity contribution in [3.8, 4) is 11.1 Å². The zero-order valence-corrected chi connectivity index (χ0v) is 19.3. The molecule has 3 aromatic rings. The molecule has 2 N–H and O–H groups in total. The fraction of sp³-hybridized carbons (Fsp3) is 0.292. The molecule has 1 saturated carbocycles. The Bertz CT molecular complexity index is 1460. The highest BCUT2D eigenvalue weighted by molar-refractivity contribution is 7.84. The molecule has 3 heterocycles. The summed E-state index contributed by atoms with van der Waals surface area (Å²) in [5, 5.41) is 16.3. The molecule has 1 saturated heterocycles. The van der Waals surface area contributed by atoms with Crippen molar-refractivity contribution in [1.29, 1.82) is 5.41 Å². The lowest BCUT2D eigenvalue weighted by Crippen LogP contribution is -2.46. The Hall–Kier alpha value is -3.34. The van der Waals surface area contributed by atoms with Crippen molar-refractivity contribution in [3.63, 3.8) is 0 Å². The number of benzene rings is 1. The number of hydrogen-bond donors (Lipinski definition) is 3. The smallest absolute Gasteiger partial charge is 0.365 e. The van der Waals surface area contributed by atoms with Gasteiger partial charge >= 0.3 is 6.18 Å². The van der Waals surface area contributed by atoms with Gasteiger partial charge in [0.05, 0.1) is 16.6 Å². The minimum Gasteiger partial charge on any atom is -0.365 e. The summed E-state index contributed by atoms with van der Waals surface area (Å²) in [5.41, 5.74) is 1.50. The topological polar surface area (TPSA) is 69.3 Å². The van der Waals surface area contributed by atoms with Crippen LogP contribution >= 0.6 is 12.6 Å². The molecule has 11 heteroatoms. The van der Waals surface area contributed by atoms with E-state index in [1.807, 2.05) is 0 Å². The third-order valence-corrected chi connectivity index (χ3v) is 7.40. The van der Waals surface area contributed by atoms with E-state index in [-0.39, 0.29) is 17.0 Å². The van der Waals surface area contributed by atoms with E-state index in [4.69, 9.17) is 5.41 Å². The van der Waals surface area contributed by atoms with Crippen molar-refractivity contribution in [2.45, 2.75) is 19.1 Å². The van der Waals surface area contributed by atoms with E-state index >= 15 is 0 Å². The molecule has 1 spiro atoms. The first-order chi connectivity index (χ1) is 16.5. The molecule has 6 nitrogen and oxygen atoms in total. The molecule has 0 radical (unpaired) electrons. The van der Waals surface area contributed by atoms with Gasteiger partial charge in [-0.25, -0.2) is 8.91 Å². The molecule has 1 aliphatic heterocycles. The van der Waals surface area contributed by atoms with E-state index in [1.165, 1.54) is 10.1 Å². The molecular formula is C24H20F4N6S. The van der Waals surface area contributed by atoms with Gasteiger partial charge in [0.1, 0.15) is 5.82 Å². The molecule has 6 rings (SSSR count). The molecule has 35 heavy (non-hydrogen) atoms. The van der Waals surface area contributed by atoms with Gasteiger partial charge in [-0.05, 0) is 54.5 Å². The summed E-state index contributed by atoms with van der Waals surface area (Å²) in [6, 6.07) is 5.74. The third kappa shape index (κ3) is 3.51. The molecule has 3 aliphatic rings. The van der Waals surface area contributed by atoms with Crippen LogP contribution in [0, 0.1) is 22.6 Å². The summed E-state index contributed by atoms with van der Waals surface area (Å²) in [6.45, 7) is 3.32. The summed E-state index contributed by atoms with van der Waals surface area (Å²) in [5.74, 6) is -0.308. The lowest BCUT2D eigenvalue weighted by Gasteiger charge is -2.38. The lowest BCUT2D eigenvalue weighted by atomic mass is 9.69. The number of nitrogens with zero attached hydrogens (tertiary/aromatic N) is 4. The predicted octanol–water partition coefficient (Wildman–Crippen LogP) is 5.02. The van der Waals surface area contributed by atoms with Gasteiger partial charge in [0.25, 0.3) is 0 Å². The van der Waals surface area contributed by atoms with Gasteiger partial charge in [-0.1, -0.05) is 6.08 Å². The van der Waals surface area contributed by atoms with Crippen LogP contribution in [0.2, 0.25) is 0 Å². The van der Waals surface area contributed by atoms with Crippen molar-refractivity contribution >= 4 is 29.9 Å². The number of thiol groups is 1. The van der Waals surface area contributed by atoms with Crippen LogP contribution in [0.3, 0.4) is 0 Å². The van der Waals surface area contributed by atoms with E-state index in [2.05, 4.69) is 39.0 Å². The summed E-state index contributed by atoms with van der Waals surface area (Å²) in [6.07, 6.45) is 0.972. The van der Waals surface area contributed by atoms with Crippen molar-refractivity contribution in [3.05, 3.63) is 70.7 Å². The van der Waals surface area contributed by atoms with E-state index < -0.39 is 17.6 Å². The average Bonchev–Trinajstić information content (AvgIpc) is 3.05. The van der Waals surface area contributed by atoms with Crippen molar-refractivity contribution in [1.82, 2.24) is 19.5 Å². The van der Waals surface area contributed by atoms with Crippen molar-refractivity contribution in [2.75, 3.05) is 18.4 Å². The van der Waals surface area contributed by atoms with Gasteiger partial charge in [-0.15, -0.1) is 17.7 Å². The highest BCUT2D eigenvalue weighted by Gasteiger charge is 2.69. The molecule has 2 aliphatic carbocycles. The van der Waals surface area contributed by atoms with Gasteiger partial charge in [-0.3, -0.25) is 0 Å². The number of alkyl halides is 3. The van der Waals surface area contributed by atoms with Gasteiger partial charge in [0, 0.05) is 41.9 Å². The monoisotopic (exact) mass is 500 g/mol. The molecule has 2 aromatic heterocycles. The number of pyridine rings is 1. The SMILES string of the molecule is CC(=N)/C=C(\S)N1CC2[C@H](Nc3nc4c(-c5cc(F)cc(C(F)(F)F)c5)cccn4n3)C3=CC32C1. The lowest BCUT2D eigenvalue weighted by molar-refractivity contribution is -0.137. The number of halogens is 4. The summed E-state index contributed by atoms with van der Waals surface area (Å²) >= 11 is 4.55. The van der Waals surface area contributed by atoms with Crippen LogP contribution in [0.25, 0.3) is 16.8 Å². The highest BCUT2D eigenvalue weighted by Crippen LogP contribution is 2.68. The van der Waals surface area contributed by atoms with Crippen LogP contribution in [0.5, 0.6) is 0 Å². The van der Waals surface area contributed by atoms with E-state index in [0.717, 1.165) is 30.3 Å². The van der Waals surface area contributed by atoms with E-state index in [1.54, 1.807) is 31.3 Å². The number of allylic oxidation sites excluding steroid dienone is 1. The van der Waals surface area contributed by atoms with Crippen molar-refractivity contribution in [2.24, 2.45) is 11.3 Å². The standard InChI is InChI=1S/C24H20F4N6S/c1-12(29)5-19(35)33-10-18-20(17-9-23(17,18)11-33)30-22-31-21-16(3-2-4-34(21)32-22)13-6-14(24(26,27)28)8-15(25)7-13/h2-9,18,20,29,35H,10-11H2,1H3,(H,30,32)/b19-5-,29-12?/t18?,20-,23?/m1/s1. The molecule has 180 valence electrons. The number of nitrogens with one attached hydrogen (secondary N) is 2. The maximum atomic E-state index is 14.0. The molecular weight excluding hydrogens is 480 g/mol. The highest BCUT2D eigenvalue weighted by atomic mass is 32.1. The average molecular weight is 501 g/mol. The fourth-order valence-electron chi connectivity index (χ4n) is 5.38. The molecule has 2 fully saturated rings. The summed E-state index contributed by atoms with van der Waals surface area (Å²) in [7, 11) is 0. The quantitative estimate of drug-likeness (QED) is 0.199. The number of hydrogen-bond acceptors (Lipinski definition) is 6. The van der Waals surface area contributed by atoms with Crippen molar-refractivity contribution < 1.29 is 17.6 Å². The van der Waals surface area contributed by atoms with Gasteiger partial charge < -0.3 is 15.6 Å². The predicted molar refractivity (Wildman–Crippen MR) is 127 cm³/mol. The Morgan fingerprint density at radius 1 is 1.31 bits per heavy atom. The zero-order valence-electron chi connectivity index (χ0n) is 18.4. The number of fused-ring (bicyclic) bond motifs is 1. The Morgan fingerprint density at radius 3 is 2.86 bits per heavy atom. The van der Waals surface area contributed by atoms with Gasteiger partial charge in [-0.2, -0.15) is 18.2 Å². The minimum atomic E-state index is -4.66. The molecule has 0 amide bonds. The Balaban J connectivity index is 1.27. The molecule has 3 atom stereocenters. The number of aromatic nitrogens is 3. The van der Waals surface area contributed by atoms with E-state index in [0.29, 0.717) is 34.9 Å². The van der Waals surface area contributed by atoms with E-state index in [9.17, 15) is 17.6 Å². The maximum absolute atomic E-state index is 14.0. The van der Waals surface area contributed by atoms with Gasteiger partial charge in [0.2, 0.25) is 5.95 Å². The normalized spacial score (nSPS) is 25.1. The largest absolute Gasteiger partial charge is 0.416 e. The molecule has 2 unspecified atom stereocenters. The Morgan fingerprint density at radius 2 is 2.11 bits per heavy atom. The second kappa shape index (κ2) is 7.33. The fourth-order valence-corrected chi connectivity index (χ4v) is 5.72.